The molecule has 0 heterocycles. The van der Waals surface area contributed by atoms with Crippen molar-refractivity contribution in [2.45, 2.75) is 44.5 Å². The maximum absolute atomic E-state index is 12.2. The smallest absolute Gasteiger partial charge is 0.163 e. The highest BCUT2D eigenvalue weighted by molar-refractivity contribution is 6.09. The Bertz CT molecular complexity index is 788. The van der Waals surface area contributed by atoms with Crippen LogP contribution in [0.1, 0.15) is 36.8 Å². The summed E-state index contributed by atoms with van der Waals surface area (Å²) >= 11 is 0. The molecule has 0 amide bonds. The van der Waals surface area contributed by atoms with Crippen LogP contribution >= 0.6 is 0 Å². The van der Waals surface area contributed by atoms with E-state index in [4.69, 9.17) is 10.5 Å². The lowest BCUT2D eigenvalue weighted by Crippen LogP contribution is -2.40. The van der Waals surface area contributed by atoms with Crippen molar-refractivity contribution in [1.82, 2.24) is 0 Å². The summed E-state index contributed by atoms with van der Waals surface area (Å²) in [6, 6.07) is 4.62. The molecule has 1 aliphatic rings. The van der Waals surface area contributed by atoms with Crippen LogP contribution in [0, 0.1) is 11.8 Å². The number of aliphatic hydroxyl groups is 2. The van der Waals surface area contributed by atoms with Crippen LogP contribution in [0.15, 0.2) is 36.4 Å². The predicted molar refractivity (Wildman–Crippen MR) is 114 cm³/mol. The highest BCUT2D eigenvalue weighted by atomic mass is 16.5. The number of aromatic hydroxyl groups is 1. The van der Waals surface area contributed by atoms with E-state index in [0.717, 1.165) is 6.42 Å². The highest BCUT2D eigenvalue weighted by Crippen LogP contribution is 2.34. The Labute approximate surface area is 176 Å². The number of benzene rings is 1. The summed E-state index contributed by atoms with van der Waals surface area (Å²) in [6.45, 7) is 0.198. The number of rotatable bonds is 10. The number of carbonyl (C=O) groups excluding carboxylic acids is 2. The lowest BCUT2D eigenvalue weighted by atomic mass is 9.74. The molecule has 1 fully saturated rings. The normalized spacial score (nSPS) is 24.5. The van der Waals surface area contributed by atoms with E-state index in [0.29, 0.717) is 30.5 Å². The van der Waals surface area contributed by atoms with Gasteiger partial charge in [0, 0.05) is 12.7 Å². The first-order valence-corrected chi connectivity index (χ1v) is 10.1. The topological polar surface area (TPSA) is 130 Å². The van der Waals surface area contributed by atoms with Crippen LogP contribution in [0.3, 0.4) is 0 Å². The van der Waals surface area contributed by atoms with Crippen molar-refractivity contribution in [2.75, 3.05) is 13.7 Å². The summed E-state index contributed by atoms with van der Waals surface area (Å²) in [7, 11) is 1.56. The van der Waals surface area contributed by atoms with E-state index in [-0.39, 0.29) is 48.3 Å². The minimum atomic E-state index is -0.537. The van der Waals surface area contributed by atoms with Crippen LogP contribution < -0.4 is 5.73 Å². The van der Waals surface area contributed by atoms with Crippen molar-refractivity contribution in [2.24, 2.45) is 17.6 Å². The summed E-state index contributed by atoms with van der Waals surface area (Å²) < 4.78 is 5.33. The van der Waals surface area contributed by atoms with Gasteiger partial charge in [-0.1, -0.05) is 18.2 Å². The third-order valence-corrected chi connectivity index (χ3v) is 5.54. The number of carbonyl (C=O) groups is 2. The standard InChI is InChI=1S/C23H31NO6/c1-30-23-12-16(17(8-9-24)11-22(23)29)4-6-20(27)13-19(26)5-2-15-3-7-21(28)18(10-15)14-25/h2-7,10,16-17,22-23,25,28-29H,8-9,11-14,24H2,1H3/b5-2+,6-4+. The van der Waals surface area contributed by atoms with Crippen molar-refractivity contribution in [3.05, 3.63) is 47.6 Å². The fourth-order valence-electron chi connectivity index (χ4n) is 3.83. The van der Waals surface area contributed by atoms with Gasteiger partial charge in [0.25, 0.3) is 0 Å². The molecule has 0 aromatic heterocycles. The second-order valence-electron chi connectivity index (χ2n) is 7.66. The molecule has 4 atom stereocenters. The van der Waals surface area contributed by atoms with E-state index >= 15 is 0 Å². The summed E-state index contributed by atoms with van der Waals surface area (Å²) in [6.07, 6.45) is 6.97. The van der Waals surface area contributed by atoms with Crippen LogP contribution in [-0.4, -0.2) is 52.7 Å². The van der Waals surface area contributed by atoms with Crippen molar-refractivity contribution in [3.8, 4) is 5.75 Å². The van der Waals surface area contributed by atoms with Crippen molar-refractivity contribution in [1.29, 1.82) is 0 Å². The quantitative estimate of drug-likeness (QED) is 0.337. The Kier molecular flexibility index (Phi) is 9.39. The summed E-state index contributed by atoms with van der Waals surface area (Å²) in [5.41, 5.74) is 6.69. The Morgan fingerprint density at radius 1 is 1.23 bits per heavy atom. The molecule has 0 aliphatic heterocycles. The van der Waals surface area contributed by atoms with Gasteiger partial charge in [-0.2, -0.15) is 0 Å². The fourth-order valence-corrected chi connectivity index (χ4v) is 3.83. The maximum Gasteiger partial charge on any atom is 0.163 e. The van der Waals surface area contributed by atoms with Crippen molar-refractivity contribution >= 4 is 17.6 Å². The van der Waals surface area contributed by atoms with E-state index in [1.165, 1.54) is 18.2 Å². The minimum Gasteiger partial charge on any atom is -0.508 e. The average Bonchev–Trinajstić information content (AvgIpc) is 2.72. The Morgan fingerprint density at radius 3 is 2.63 bits per heavy atom. The van der Waals surface area contributed by atoms with Gasteiger partial charge < -0.3 is 25.8 Å². The van der Waals surface area contributed by atoms with Crippen LogP contribution in [0.5, 0.6) is 5.75 Å². The van der Waals surface area contributed by atoms with Crippen LogP contribution in [0.2, 0.25) is 0 Å². The second-order valence-corrected chi connectivity index (χ2v) is 7.66. The SMILES string of the molecule is COC1CC(/C=C/C(=O)CC(=O)/C=C/c2ccc(O)c(CO)c2)C(CCN)CC1O. The van der Waals surface area contributed by atoms with Gasteiger partial charge in [-0.15, -0.1) is 0 Å². The van der Waals surface area contributed by atoms with Crippen LogP contribution in [0.25, 0.3) is 6.08 Å². The van der Waals surface area contributed by atoms with Gasteiger partial charge in [0.1, 0.15) is 5.75 Å². The number of hydrogen-bond donors (Lipinski definition) is 4. The number of nitrogens with two attached hydrogens (primary N) is 1. The van der Waals surface area contributed by atoms with E-state index in [9.17, 15) is 24.9 Å². The number of allylic oxidation sites excluding steroid dienone is 3. The molecule has 0 spiro atoms. The van der Waals surface area contributed by atoms with Gasteiger partial charge in [-0.05, 0) is 67.5 Å². The molecular weight excluding hydrogens is 386 g/mol. The van der Waals surface area contributed by atoms with Gasteiger partial charge >= 0.3 is 0 Å². The monoisotopic (exact) mass is 417 g/mol. The molecule has 2 rings (SSSR count). The zero-order chi connectivity index (χ0) is 22.1. The molecule has 7 heteroatoms. The third-order valence-electron chi connectivity index (χ3n) is 5.54. The van der Waals surface area contributed by atoms with Gasteiger partial charge in [-0.25, -0.2) is 0 Å². The summed E-state index contributed by atoms with van der Waals surface area (Å²) in [4.78, 5) is 24.3. The first-order chi connectivity index (χ1) is 14.4. The first kappa shape index (κ1) is 24.0. The van der Waals surface area contributed by atoms with Gasteiger partial charge in [0.15, 0.2) is 11.6 Å². The fraction of sp³-hybridized carbons (Fsp3) is 0.478. The number of hydrogen-bond acceptors (Lipinski definition) is 7. The van der Waals surface area contributed by atoms with E-state index in [2.05, 4.69) is 0 Å². The number of ketones is 2. The van der Waals surface area contributed by atoms with Crippen molar-refractivity contribution in [3.63, 3.8) is 0 Å². The molecule has 1 aliphatic carbocycles. The maximum atomic E-state index is 12.2. The van der Waals surface area contributed by atoms with Gasteiger partial charge in [0.05, 0.1) is 25.2 Å². The van der Waals surface area contributed by atoms with Crippen LogP contribution in [-0.2, 0) is 20.9 Å². The minimum absolute atomic E-state index is 0.0137. The molecule has 5 N–H and O–H groups in total. The molecule has 1 aromatic carbocycles. The molecule has 0 radical (unpaired) electrons. The zero-order valence-corrected chi connectivity index (χ0v) is 17.2. The summed E-state index contributed by atoms with van der Waals surface area (Å²) in [5, 5.41) is 28.9. The molecule has 0 saturated heterocycles. The Balaban J connectivity index is 1.94. The molecule has 7 nitrogen and oxygen atoms in total. The number of phenols is 1. The molecule has 4 unspecified atom stereocenters. The van der Waals surface area contributed by atoms with E-state index in [1.54, 1.807) is 25.3 Å². The first-order valence-electron chi connectivity index (χ1n) is 10.1. The largest absolute Gasteiger partial charge is 0.508 e. The Hall–Kier alpha value is -2.32. The highest BCUT2D eigenvalue weighted by Gasteiger charge is 2.34. The van der Waals surface area contributed by atoms with E-state index in [1.807, 2.05) is 6.08 Å². The molecule has 1 aromatic rings. The predicted octanol–water partition coefficient (Wildman–Crippen LogP) is 1.73. The summed E-state index contributed by atoms with van der Waals surface area (Å²) in [5.74, 6) is -0.412. The number of methoxy groups -OCH3 is 1. The van der Waals surface area contributed by atoms with Gasteiger partial charge in [-0.3, -0.25) is 9.59 Å². The zero-order valence-electron chi connectivity index (χ0n) is 17.2. The Morgan fingerprint density at radius 2 is 1.97 bits per heavy atom. The molecule has 30 heavy (non-hydrogen) atoms. The molecular formula is C23H31NO6. The lowest BCUT2D eigenvalue weighted by molar-refractivity contribution is -0.121. The van der Waals surface area contributed by atoms with Crippen molar-refractivity contribution < 1.29 is 29.6 Å². The lowest BCUT2D eigenvalue weighted by Gasteiger charge is -2.37. The molecule has 164 valence electrons. The number of aliphatic hydroxyl groups excluding tert-OH is 2. The van der Waals surface area contributed by atoms with Gasteiger partial charge in [0.2, 0.25) is 0 Å². The molecule has 0 bridgehead atoms. The third kappa shape index (κ3) is 6.88. The molecule has 1 saturated carbocycles. The number of ether oxygens (including phenoxy) is 1. The second kappa shape index (κ2) is 11.8. The van der Waals surface area contributed by atoms with Crippen LogP contribution in [0.4, 0.5) is 0 Å². The van der Waals surface area contributed by atoms with E-state index < -0.39 is 6.10 Å². The average molecular weight is 418 g/mol.